The molecule has 0 fully saturated rings. The molecule has 4 heteroatoms. The fourth-order valence-electron chi connectivity index (χ4n) is 1.31. The molecule has 1 rings (SSSR count). The van der Waals surface area contributed by atoms with Crippen molar-refractivity contribution in [3.05, 3.63) is 41.3 Å². The van der Waals surface area contributed by atoms with Gasteiger partial charge in [0.2, 0.25) is 0 Å². The Hall–Kier alpha value is -0.970. The second kappa shape index (κ2) is 9.10. The average molecular weight is 251 g/mol. The van der Waals surface area contributed by atoms with Crippen molar-refractivity contribution < 1.29 is 0 Å². The molecule has 0 aliphatic carbocycles. The molecule has 94 valence electrons. The Kier molecular flexibility index (Phi) is 7.54. The summed E-state index contributed by atoms with van der Waals surface area (Å²) in [4.78, 5) is 0. The Labute approximate surface area is 108 Å². The SMILES string of the molecule is CCNCCNCS/C=C(\N)c1ccccc1. The van der Waals surface area contributed by atoms with Gasteiger partial charge < -0.3 is 16.4 Å². The molecule has 0 aromatic heterocycles. The van der Waals surface area contributed by atoms with Gasteiger partial charge in [-0.25, -0.2) is 0 Å². The molecular formula is C13H21N3S. The molecule has 0 bridgehead atoms. The van der Waals surface area contributed by atoms with Crippen LogP contribution in [0.3, 0.4) is 0 Å². The lowest BCUT2D eigenvalue weighted by molar-refractivity contribution is 0.666. The smallest absolute Gasteiger partial charge is 0.0461 e. The van der Waals surface area contributed by atoms with E-state index in [9.17, 15) is 0 Å². The summed E-state index contributed by atoms with van der Waals surface area (Å²) in [5.41, 5.74) is 7.86. The summed E-state index contributed by atoms with van der Waals surface area (Å²) in [7, 11) is 0. The van der Waals surface area contributed by atoms with Gasteiger partial charge in [0.1, 0.15) is 0 Å². The molecule has 1 aromatic rings. The van der Waals surface area contributed by atoms with Gasteiger partial charge in [-0.2, -0.15) is 0 Å². The first kappa shape index (κ1) is 14.1. The standard InChI is InChI=1S/C13H21N3S/c1-2-15-8-9-16-11-17-10-13(14)12-6-4-3-5-7-12/h3-7,10,15-16H,2,8-9,11,14H2,1H3/b13-10-. The normalized spacial score (nSPS) is 11.7. The van der Waals surface area contributed by atoms with E-state index < -0.39 is 0 Å². The van der Waals surface area contributed by atoms with Crippen molar-refractivity contribution in [1.82, 2.24) is 10.6 Å². The fraction of sp³-hybridized carbons (Fsp3) is 0.385. The second-order valence-electron chi connectivity index (χ2n) is 3.60. The molecule has 17 heavy (non-hydrogen) atoms. The van der Waals surface area contributed by atoms with Gasteiger partial charge in [-0.1, -0.05) is 37.3 Å². The van der Waals surface area contributed by atoms with E-state index >= 15 is 0 Å². The molecule has 3 nitrogen and oxygen atoms in total. The Morgan fingerprint density at radius 3 is 2.65 bits per heavy atom. The summed E-state index contributed by atoms with van der Waals surface area (Å²) in [6, 6.07) is 10.0. The first-order valence-electron chi connectivity index (χ1n) is 5.88. The Morgan fingerprint density at radius 2 is 1.94 bits per heavy atom. The first-order chi connectivity index (χ1) is 8.34. The Bertz CT molecular complexity index is 325. The Balaban J connectivity index is 2.16. The van der Waals surface area contributed by atoms with E-state index in [0.717, 1.165) is 36.8 Å². The van der Waals surface area contributed by atoms with Gasteiger partial charge in [0.15, 0.2) is 0 Å². The Morgan fingerprint density at radius 1 is 1.24 bits per heavy atom. The summed E-state index contributed by atoms with van der Waals surface area (Å²) >= 11 is 1.69. The quantitative estimate of drug-likeness (QED) is 0.487. The lowest BCUT2D eigenvalue weighted by Gasteiger charge is -2.04. The van der Waals surface area contributed by atoms with E-state index in [0.29, 0.717) is 0 Å². The van der Waals surface area contributed by atoms with Crippen LogP contribution < -0.4 is 16.4 Å². The van der Waals surface area contributed by atoms with E-state index in [1.54, 1.807) is 11.8 Å². The van der Waals surface area contributed by atoms with E-state index in [4.69, 9.17) is 5.73 Å². The zero-order valence-electron chi connectivity index (χ0n) is 10.3. The molecule has 0 radical (unpaired) electrons. The van der Waals surface area contributed by atoms with Crippen LogP contribution in [0.5, 0.6) is 0 Å². The minimum Gasteiger partial charge on any atom is -0.398 e. The van der Waals surface area contributed by atoms with Crippen molar-refractivity contribution in [3.8, 4) is 0 Å². The first-order valence-corrected chi connectivity index (χ1v) is 6.93. The van der Waals surface area contributed by atoms with Crippen LogP contribution in [0.25, 0.3) is 5.70 Å². The highest BCUT2D eigenvalue weighted by atomic mass is 32.2. The van der Waals surface area contributed by atoms with Crippen LogP contribution >= 0.6 is 11.8 Å². The summed E-state index contributed by atoms with van der Waals surface area (Å²) in [5.74, 6) is 0.888. The lowest BCUT2D eigenvalue weighted by Crippen LogP contribution is -2.26. The number of likely N-dealkylation sites (N-methyl/N-ethyl adjacent to an activating group) is 1. The number of rotatable bonds is 8. The molecule has 0 amide bonds. The van der Waals surface area contributed by atoms with Crippen molar-refractivity contribution >= 4 is 17.5 Å². The number of hydrogen-bond acceptors (Lipinski definition) is 4. The molecule has 0 unspecified atom stereocenters. The molecule has 1 aromatic carbocycles. The molecular weight excluding hydrogens is 230 g/mol. The van der Waals surface area contributed by atoms with Crippen molar-refractivity contribution in [2.24, 2.45) is 5.73 Å². The fourth-order valence-corrected chi connectivity index (χ4v) is 1.98. The third-order valence-electron chi connectivity index (χ3n) is 2.23. The monoisotopic (exact) mass is 251 g/mol. The number of benzene rings is 1. The number of nitrogens with two attached hydrogens (primary N) is 1. The largest absolute Gasteiger partial charge is 0.398 e. The highest BCUT2D eigenvalue weighted by Crippen LogP contribution is 2.12. The highest BCUT2D eigenvalue weighted by Gasteiger charge is 1.93. The van der Waals surface area contributed by atoms with Crippen LogP contribution in [0.15, 0.2) is 35.7 Å². The van der Waals surface area contributed by atoms with Crippen LogP contribution in [0.1, 0.15) is 12.5 Å². The number of thioether (sulfide) groups is 1. The highest BCUT2D eigenvalue weighted by molar-refractivity contribution is 8.02. The van der Waals surface area contributed by atoms with E-state index in [2.05, 4.69) is 17.6 Å². The molecule has 0 aliphatic heterocycles. The molecule has 0 heterocycles. The summed E-state index contributed by atoms with van der Waals surface area (Å²) in [5, 5.41) is 8.58. The van der Waals surface area contributed by atoms with E-state index in [1.165, 1.54) is 0 Å². The second-order valence-corrected chi connectivity index (χ2v) is 4.46. The van der Waals surface area contributed by atoms with Crippen LogP contribution in [0.2, 0.25) is 0 Å². The zero-order chi connectivity index (χ0) is 12.3. The molecule has 0 spiro atoms. The van der Waals surface area contributed by atoms with Gasteiger partial charge >= 0.3 is 0 Å². The summed E-state index contributed by atoms with van der Waals surface area (Å²) in [6.07, 6.45) is 0. The van der Waals surface area contributed by atoms with E-state index in [-0.39, 0.29) is 0 Å². The molecule has 0 aliphatic rings. The predicted molar refractivity (Wildman–Crippen MR) is 77.6 cm³/mol. The molecule has 0 saturated carbocycles. The summed E-state index contributed by atoms with van der Waals surface area (Å²) in [6.45, 7) is 5.13. The van der Waals surface area contributed by atoms with Crippen LogP contribution in [-0.2, 0) is 0 Å². The number of nitrogens with one attached hydrogen (secondary N) is 2. The minimum atomic E-state index is 0.823. The summed E-state index contributed by atoms with van der Waals surface area (Å²) < 4.78 is 0. The number of hydrogen-bond donors (Lipinski definition) is 3. The van der Waals surface area contributed by atoms with Crippen molar-refractivity contribution in [2.75, 3.05) is 25.5 Å². The van der Waals surface area contributed by atoms with Crippen LogP contribution in [0, 0.1) is 0 Å². The maximum atomic E-state index is 5.96. The van der Waals surface area contributed by atoms with Gasteiger partial charge in [-0.05, 0) is 17.5 Å². The predicted octanol–water partition coefficient (Wildman–Crippen LogP) is 1.83. The maximum absolute atomic E-state index is 5.96. The lowest BCUT2D eigenvalue weighted by atomic mass is 10.2. The van der Waals surface area contributed by atoms with Crippen LogP contribution in [-0.4, -0.2) is 25.5 Å². The van der Waals surface area contributed by atoms with Gasteiger partial charge in [0.05, 0.1) is 0 Å². The van der Waals surface area contributed by atoms with Crippen molar-refractivity contribution in [3.63, 3.8) is 0 Å². The van der Waals surface area contributed by atoms with Crippen molar-refractivity contribution in [1.29, 1.82) is 0 Å². The topological polar surface area (TPSA) is 50.1 Å². The molecule has 0 saturated heterocycles. The van der Waals surface area contributed by atoms with Crippen LogP contribution in [0.4, 0.5) is 0 Å². The van der Waals surface area contributed by atoms with Crippen molar-refractivity contribution in [2.45, 2.75) is 6.92 Å². The van der Waals surface area contributed by atoms with E-state index in [1.807, 2.05) is 35.7 Å². The average Bonchev–Trinajstić information content (AvgIpc) is 2.38. The third-order valence-corrected chi connectivity index (χ3v) is 3.02. The van der Waals surface area contributed by atoms with Gasteiger partial charge in [0.25, 0.3) is 0 Å². The molecule has 4 N–H and O–H groups in total. The maximum Gasteiger partial charge on any atom is 0.0461 e. The minimum absolute atomic E-state index is 0.823. The van der Waals surface area contributed by atoms with Gasteiger partial charge in [-0.3, -0.25) is 0 Å². The van der Waals surface area contributed by atoms with Gasteiger partial charge in [-0.15, -0.1) is 11.8 Å². The third kappa shape index (κ3) is 6.36. The zero-order valence-corrected chi connectivity index (χ0v) is 11.1. The molecule has 0 atom stereocenters. The van der Waals surface area contributed by atoms with Gasteiger partial charge in [0, 0.05) is 24.7 Å².